The highest BCUT2D eigenvalue weighted by Gasteiger charge is 2.23. The van der Waals surface area contributed by atoms with Gasteiger partial charge in [0, 0.05) is 37.3 Å². The first-order valence-corrected chi connectivity index (χ1v) is 10.3. The van der Waals surface area contributed by atoms with Crippen molar-refractivity contribution in [3.05, 3.63) is 70.8 Å². The largest absolute Gasteiger partial charge is 0.374 e. The monoisotopic (exact) mass is 394 g/mol. The zero-order chi connectivity index (χ0) is 20.8. The number of benzene rings is 2. The van der Waals surface area contributed by atoms with E-state index in [1.165, 1.54) is 0 Å². The minimum Gasteiger partial charge on any atom is -0.374 e. The molecule has 0 aliphatic carbocycles. The number of nitrogens with one attached hydrogen (secondary N) is 1. The Morgan fingerprint density at radius 1 is 1.10 bits per heavy atom. The van der Waals surface area contributed by atoms with E-state index in [0.29, 0.717) is 35.8 Å². The maximum absolute atomic E-state index is 12.9. The van der Waals surface area contributed by atoms with Crippen LogP contribution in [0, 0.1) is 12.8 Å². The Balaban J connectivity index is 1.65. The van der Waals surface area contributed by atoms with Gasteiger partial charge in [0.2, 0.25) is 0 Å². The van der Waals surface area contributed by atoms with Gasteiger partial charge in [-0.15, -0.1) is 0 Å². The van der Waals surface area contributed by atoms with Crippen LogP contribution in [0.15, 0.2) is 48.5 Å². The van der Waals surface area contributed by atoms with Gasteiger partial charge in [0.05, 0.1) is 18.3 Å². The van der Waals surface area contributed by atoms with Crippen molar-refractivity contribution in [3.63, 3.8) is 0 Å². The summed E-state index contributed by atoms with van der Waals surface area (Å²) in [5.74, 6) is 0.210. The predicted octanol–water partition coefficient (Wildman–Crippen LogP) is 3.31. The number of hydrogen-bond donors (Lipinski definition) is 1. The molecule has 0 bridgehead atoms. The second-order valence-corrected chi connectivity index (χ2v) is 8.10. The first kappa shape index (κ1) is 21.2. The van der Waals surface area contributed by atoms with Gasteiger partial charge in [-0.1, -0.05) is 61.9 Å². The molecule has 154 valence electrons. The van der Waals surface area contributed by atoms with Crippen LogP contribution in [-0.2, 0) is 4.74 Å². The number of ketones is 1. The number of ether oxygens (including phenoxy) is 1. The number of nitrogens with zero attached hydrogens (tertiary/aromatic N) is 1. The summed E-state index contributed by atoms with van der Waals surface area (Å²) in [6, 6.07) is 14.4. The third kappa shape index (κ3) is 5.75. The topological polar surface area (TPSA) is 58.6 Å². The second-order valence-electron chi connectivity index (χ2n) is 8.10. The standard InChI is InChI=1S/C24H30N2O3/c1-17(2)15-26-12-13-29-20(16-26)14-25-24(28)22-7-5-4-6-21(22)23(27)19-10-8-18(3)9-11-19/h4-11,17,20H,12-16H2,1-3H3,(H,25,28). The van der Waals surface area contributed by atoms with Crippen LogP contribution in [0.1, 0.15) is 45.7 Å². The van der Waals surface area contributed by atoms with Crippen molar-refractivity contribution in [2.24, 2.45) is 5.92 Å². The van der Waals surface area contributed by atoms with Crippen LogP contribution < -0.4 is 5.32 Å². The van der Waals surface area contributed by atoms with Crippen LogP contribution in [0.5, 0.6) is 0 Å². The fourth-order valence-corrected chi connectivity index (χ4v) is 3.63. The van der Waals surface area contributed by atoms with Gasteiger partial charge in [0.15, 0.2) is 5.78 Å². The highest BCUT2D eigenvalue weighted by Crippen LogP contribution is 2.16. The molecule has 1 fully saturated rings. The Hall–Kier alpha value is -2.50. The molecule has 1 unspecified atom stereocenters. The lowest BCUT2D eigenvalue weighted by Gasteiger charge is -2.34. The molecular formula is C24H30N2O3. The molecule has 0 saturated carbocycles. The van der Waals surface area contributed by atoms with Crippen LogP contribution in [0.3, 0.4) is 0 Å². The summed E-state index contributed by atoms with van der Waals surface area (Å²) in [4.78, 5) is 28.1. The molecule has 29 heavy (non-hydrogen) atoms. The van der Waals surface area contributed by atoms with Crippen LogP contribution in [0.25, 0.3) is 0 Å². The maximum Gasteiger partial charge on any atom is 0.252 e. The Labute approximate surface area is 173 Å². The van der Waals surface area contributed by atoms with Gasteiger partial charge in [0.25, 0.3) is 5.91 Å². The Morgan fingerprint density at radius 2 is 1.79 bits per heavy atom. The van der Waals surface area contributed by atoms with Crippen molar-refractivity contribution in [1.29, 1.82) is 0 Å². The second kappa shape index (κ2) is 9.81. The van der Waals surface area contributed by atoms with Crippen molar-refractivity contribution in [2.75, 3.05) is 32.8 Å². The van der Waals surface area contributed by atoms with E-state index in [1.807, 2.05) is 19.1 Å². The summed E-state index contributed by atoms with van der Waals surface area (Å²) in [5.41, 5.74) is 2.48. The van der Waals surface area contributed by atoms with E-state index in [0.717, 1.165) is 25.2 Å². The first-order chi connectivity index (χ1) is 13.9. The maximum atomic E-state index is 12.9. The average molecular weight is 395 g/mol. The lowest BCUT2D eigenvalue weighted by Crippen LogP contribution is -2.48. The molecule has 1 amide bonds. The normalized spacial score (nSPS) is 17.3. The van der Waals surface area contributed by atoms with E-state index in [2.05, 4.69) is 24.1 Å². The quantitative estimate of drug-likeness (QED) is 0.732. The fraction of sp³-hybridized carbons (Fsp3) is 0.417. The highest BCUT2D eigenvalue weighted by atomic mass is 16.5. The number of aryl methyl sites for hydroxylation is 1. The van der Waals surface area contributed by atoms with Gasteiger partial charge >= 0.3 is 0 Å². The number of morpholine rings is 1. The SMILES string of the molecule is Cc1ccc(C(=O)c2ccccc2C(=O)NCC2CN(CC(C)C)CCO2)cc1. The summed E-state index contributed by atoms with van der Waals surface area (Å²) in [7, 11) is 0. The number of amides is 1. The van der Waals surface area contributed by atoms with Crippen molar-refractivity contribution in [3.8, 4) is 0 Å². The van der Waals surface area contributed by atoms with Crippen LogP contribution in [0.4, 0.5) is 0 Å². The zero-order valence-corrected chi connectivity index (χ0v) is 17.5. The molecule has 0 aromatic heterocycles. The molecule has 0 spiro atoms. The molecule has 0 radical (unpaired) electrons. The third-order valence-electron chi connectivity index (χ3n) is 5.07. The van der Waals surface area contributed by atoms with Crippen molar-refractivity contribution in [2.45, 2.75) is 26.9 Å². The Bertz CT molecular complexity index is 845. The molecule has 3 rings (SSSR count). The molecule has 1 atom stereocenters. The zero-order valence-electron chi connectivity index (χ0n) is 17.5. The highest BCUT2D eigenvalue weighted by molar-refractivity contribution is 6.15. The third-order valence-corrected chi connectivity index (χ3v) is 5.07. The molecule has 1 aliphatic heterocycles. The molecule has 1 heterocycles. The van der Waals surface area contributed by atoms with Crippen LogP contribution in [-0.4, -0.2) is 55.5 Å². The van der Waals surface area contributed by atoms with Gasteiger partial charge in [-0.3, -0.25) is 14.5 Å². The molecule has 1 saturated heterocycles. The molecule has 2 aromatic rings. The molecule has 5 heteroatoms. The van der Waals surface area contributed by atoms with Crippen molar-refractivity contribution in [1.82, 2.24) is 10.2 Å². The van der Waals surface area contributed by atoms with Crippen LogP contribution in [0.2, 0.25) is 0 Å². The van der Waals surface area contributed by atoms with Gasteiger partial charge in [-0.2, -0.15) is 0 Å². The van der Waals surface area contributed by atoms with Gasteiger partial charge in [-0.25, -0.2) is 0 Å². The van der Waals surface area contributed by atoms with Crippen LogP contribution >= 0.6 is 0 Å². The summed E-state index contributed by atoms with van der Waals surface area (Å²) in [6.45, 7) is 10.3. The van der Waals surface area contributed by atoms with Crippen molar-refractivity contribution >= 4 is 11.7 Å². The molecular weight excluding hydrogens is 364 g/mol. The smallest absolute Gasteiger partial charge is 0.252 e. The van der Waals surface area contributed by atoms with Gasteiger partial charge in [-0.05, 0) is 18.9 Å². The van der Waals surface area contributed by atoms with E-state index in [1.54, 1.807) is 36.4 Å². The number of carbonyl (C=O) groups excluding carboxylic acids is 2. The minimum absolute atomic E-state index is 0.0357. The first-order valence-electron chi connectivity index (χ1n) is 10.3. The number of hydrogen-bond acceptors (Lipinski definition) is 4. The van der Waals surface area contributed by atoms with E-state index >= 15 is 0 Å². The van der Waals surface area contributed by atoms with Gasteiger partial charge in [0.1, 0.15) is 0 Å². The average Bonchev–Trinajstić information content (AvgIpc) is 2.72. The van der Waals surface area contributed by atoms with E-state index in [9.17, 15) is 9.59 Å². The molecule has 2 aromatic carbocycles. The molecule has 1 aliphatic rings. The van der Waals surface area contributed by atoms with E-state index < -0.39 is 0 Å². The lowest BCUT2D eigenvalue weighted by atomic mass is 9.97. The molecule has 1 N–H and O–H groups in total. The Kier molecular flexibility index (Phi) is 7.18. The summed E-state index contributed by atoms with van der Waals surface area (Å²) in [6.07, 6.45) is -0.0357. The number of rotatable bonds is 7. The summed E-state index contributed by atoms with van der Waals surface area (Å²) in [5, 5.41) is 2.96. The minimum atomic E-state index is -0.245. The van der Waals surface area contributed by atoms with Gasteiger partial charge < -0.3 is 10.1 Å². The van der Waals surface area contributed by atoms with E-state index in [4.69, 9.17) is 4.74 Å². The number of carbonyl (C=O) groups is 2. The lowest BCUT2D eigenvalue weighted by molar-refractivity contribution is -0.0295. The fourth-order valence-electron chi connectivity index (χ4n) is 3.63. The molecule has 5 nitrogen and oxygen atoms in total. The summed E-state index contributed by atoms with van der Waals surface area (Å²) >= 11 is 0. The van der Waals surface area contributed by atoms with Crippen molar-refractivity contribution < 1.29 is 14.3 Å². The van der Waals surface area contributed by atoms with E-state index in [-0.39, 0.29) is 17.8 Å². The summed E-state index contributed by atoms with van der Waals surface area (Å²) < 4.78 is 5.81. The Morgan fingerprint density at radius 3 is 2.48 bits per heavy atom. The predicted molar refractivity (Wildman–Crippen MR) is 114 cm³/mol.